The highest BCUT2D eigenvalue weighted by atomic mass is 17.2. The molecular weight excluding hydrogens is 206 g/mol. The van der Waals surface area contributed by atoms with E-state index in [2.05, 4.69) is 27.4 Å². The van der Waals surface area contributed by atoms with E-state index in [0.29, 0.717) is 5.57 Å². The van der Waals surface area contributed by atoms with Crippen molar-refractivity contribution in [3.8, 4) is 0 Å². The molecule has 0 aromatic rings. The summed E-state index contributed by atoms with van der Waals surface area (Å²) in [5.41, 5.74) is 0.342. The highest BCUT2D eigenvalue weighted by Crippen LogP contribution is 2.14. The molecule has 0 fully saturated rings. The van der Waals surface area contributed by atoms with E-state index >= 15 is 0 Å². The molecule has 0 aromatic carbocycles. The number of quaternary nitrogens is 1. The van der Waals surface area contributed by atoms with E-state index in [1.807, 2.05) is 6.92 Å². The van der Waals surface area contributed by atoms with Crippen molar-refractivity contribution >= 4 is 5.97 Å². The van der Waals surface area contributed by atoms with E-state index in [1.54, 1.807) is 6.92 Å². The van der Waals surface area contributed by atoms with Crippen LogP contribution >= 0.6 is 0 Å². The number of nitrogens with zero attached hydrogens (tertiary/aromatic N) is 1. The van der Waals surface area contributed by atoms with E-state index in [4.69, 9.17) is 9.78 Å². The van der Waals surface area contributed by atoms with Crippen LogP contribution in [-0.2, 0) is 14.6 Å². The number of carbonyl (C=O) groups is 1. The Morgan fingerprint density at radius 3 is 2.00 bits per heavy atom. The molecule has 0 radical (unpaired) electrons. The molecule has 94 valence electrons. The van der Waals surface area contributed by atoms with Gasteiger partial charge in [-0.25, -0.2) is 4.79 Å². The maximum Gasteiger partial charge on any atom is 0.368 e. The van der Waals surface area contributed by atoms with Gasteiger partial charge in [-0.2, -0.15) is 0 Å². The van der Waals surface area contributed by atoms with Gasteiger partial charge in [0.2, 0.25) is 6.23 Å². The molecule has 1 unspecified atom stereocenters. The van der Waals surface area contributed by atoms with Gasteiger partial charge < -0.3 is 0 Å². The molecular formula is C12H24NO3+. The van der Waals surface area contributed by atoms with Gasteiger partial charge in [0.1, 0.15) is 0 Å². The minimum absolute atomic E-state index is 0.164. The molecule has 16 heavy (non-hydrogen) atoms. The zero-order valence-corrected chi connectivity index (χ0v) is 11.1. The number of hydrogen-bond acceptors (Lipinski definition) is 3. The monoisotopic (exact) mass is 230 g/mol. The maximum atomic E-state index is 11.2. The Bertz CT molecular complexity index is 238. The van der Waals surface area contributed by atoms with Crippen LogP contribution in [0.2, 0.25) is 0 Å². The molecule has 0 rings (SSSR count). The average Bonchev–Trinajstić information content (AvgIpc) is 2.28. The Labute approximate surface area is 98.4 Å². The second-order valence-corrected chi connectivity index (χ2v) is 4.01. The molecule has 0 amide bonds. The Balaban J connectivity index is 4.37. The van der Waals surface area contributed by atoms with Crippen molar-refractivity contribution in [2.75, 3.05) is 19.6 Å². The molecule has 0 bridgehead atoms. The fraction of sp³-hybridized carbons (Fsp3) is 0.750. The van der Waals surface area contributed by atoms with Crippen molar-refractivity contribution in [1.82, 2.24) is 0 Å². The summed E-state index contributed by atoms with van der Waals surface area (Å²) in [6, 6.07) is 0. The molecule has 4 nitrogen and oxygen atoms in total. The van der Waals surface area contributed by atoms with Gasteiger partial charge in [0, 0.05) is 12.5 Å². The average molecular weight is 230 g/mol. The summed E-state index contributed by atoms with van der Waals surface area (Å²) in [6.45, 7) is 16.2. The Kier molecular flexibility index (Phi) is 6.29. The Morgan fingerprint density at radius 1 is 1.25 bits per heavy atom. The van der Waals surface area contributed by atoms with Crippen molar-refractivity contribution in [2.24, 2.45) is 0 Å². The molecule has 0 aliphatic carbocycles. The highest BCUT2D eigenvalue weighted by molar-refractivity contribution is 5.86. The van der Waals surface area contributed by atoms with Crippen LogP contribution < -0.4 is 0 Å². The van der Waals surface area contributed by atoms with E-state index in [-0.39, 0.29) is 6.23 Å². The molecule has 0 heterocycles. The summed E-state index contributed by atoms with van der Waals surface area (Å²) in [5, 5.41) is 0. The molecule has 0 saturated carbocycles. The molecule has 0 spiro atoms. The van der Waals surface area contributed by atoms with Crippen LogP contribution in [0.15, 0.2) is 12.2 Å². The summed E-state index contributed by atoms with van der Waals surface area (Å²) in [5.74, 6) is -0.506. The van der Waals surface area contributed by atoms with Gasteiger partial charge in [-0.15, -0.1) is 4.89 Å². The topological polar surface area (TPSA) is 35.5 Å². The van der Waals surface area contributed by atoms with Crippen LogP contribution in [-0.4, -0.2) is 36.3 Å². The molecule has 0 N–H and O–H groups in total. The third kappa shape index (κ3) is 3.61. The standard InChI is InChI=1S/C12H24NO3/c1-7-13(8-2,9-3)11(6)15-16-12(14)10(4)5/h11H,4,7-9H2,1-3,5-6H3/q+1. The minimum Gasteiger partial charge on any atom is -0.297 e. The lowest BCUT2D eigenvalue weighted by Crippen LogP contribution is -2.55. The van der Waals surface area contributed by atoms with Crippen molar-refractivity contribution in [1.29, 1.82) is 0 Å². The quantitative estimate of drug-likeness (QED) is 0.221. The molecule has 0 saturated heterocycles. The SMILES string of the molecule is C=C(C)C(=O)OOC(C)[N+](CC)(CC)CC. The van der Waals surface area contributed by atoms with Gasteiger partial charge in [-0.3, -0.25) is 9.37 Å². The first-order chi connectivity index (χ1) is 7.43. The van der Waals surface area contributed by atoms with Crippen LogP contribution in [0, 0.1) is 0 Å². The van der Waals surface area contributed by atoms with Gasteiger partial charge in [0.25, 0.3) is 0 Å². The van der Waals surface area contributed by atoms with Gasteiger partial charge >= 0.3 is 5.97 Å². The maximum absolute atomic E-state index is 11.2. The zero-order chi connectivity index (χ0) is 12.8. The van der Waals surface area contributed by atoms with Gasteiger partial charge in [0.15, 0.2) is 0 Å². The van der Waals surface area contributed by atoms with E-state index in [1.165, 1.54) is 0 Å². The number of carbonyl (C=O) groups excluding carboxylic acids is 1. The third-order valence-corrected chi connectivity index (χ3v) is 3.27. The van der Waals surface area contributed by atoms with E-state index in [9.17, 15) is 4.79 Å². The third-order valence-electron chi connectivity index (χ3n) is 3.27. The lowest BCUT2D eigenvalue weighted by molar-refractivity contribution is -0.973. The van der Waals surface area contributed by atoms with Crippen LogP contribution in [0.25, 0.3) is 0 Å². The van der Waals surface area contributed by atoms with Crippen LogP contribution in [0.4, 0.5) is 0 Å². The van der Waals surface area contributed by atoms with Crippen molar-refractivity contribution in [2.45, 2.75) is 40.8 Å². The predicted molar refractivity (Wildman–Crippen MR) is 63.3 cm³/mol. The fourth-order valence-electron chi connectivity index (χ4n) is 1.72. The normalized spacial score (nSPS) is 13.3. The molecule has 0 aliphatic rings. The first-order valence-electron chi connectivity index (χ1n) is 5.82. The first kappa shape index (κ1) is 15.1. The summed E-state index contributed by atoms with van der Waals surface area (Å²) in [4.78, 5) is 21.1. The summed E-state index contributed by atoms with van der Waals surface area (Å²) in [7, 11) is 0. The van der Waals surface area contributed by atoms with Gasteiger partial charge in [-0.1, -0.05) is 6.58 Å². The zero-order valence-electron chi connectivity index (χ0n) is 11.1. The molecule has 4 heteroatoms. The Morgan fingerprint density at radius 2 is 1.69 bits per heavy atom. The van der Waals surface area contributed by atoms with Crippen molar-refractivity contribution in [3.05, 3.63) is 12.2 Å². The summed E-state index contributed by atoms with van der Waals surface area (Å²) >= 11 is 0. The predicted octanol–water partition coefficient (Wildman–Crippen LogP) is 2.26. The van der Waals surface area contributed by atoms with E-state index < -0.39 is 5.97 Å². The van der Waals surface area contributed by atoms with Crippen molar-refractivity contribution in [3.63, 3.8) is 0 Å². The lowest BCUT2D eigenvalue weighted by atomic mass is 10.3. The van der Waals surface area contributed by atoms with Crippen LogP contribution in [0.1, 0.15) is 34.6 Å². The Hall–Kier alpha value is -0.870. The molecule has 0 aliphatic heterocycles. The van der Waals surface area contributed by atoms with Crippen LogP contribution in [0.3, 0.4) is 0 Å². The summed E-state index contributed by atoms with van der Waals surface area (Å²) in [6.07, 6.45) is -0.164. The minimum atomic E-state index is -0.506. The largest absolute Gasteiger partial charge is 0.368 e. The summed E-state index contributed by atoms with van der Waals surface area (Å²) < 4.78 is 0.767. The number of rotatable bonds is 7. The molecule has 1 atom stereocenters. The second-order valence-electron chi connectivity index (χ2n) is 4.01. The number of hydrogen-bond donors (Lipinski definition) is 0. The second kappa shape index (κ2) is 6.66. The van der Waals surface area contributed by atoms with E-state index in [0.717, 1.165) is 24.1 Å². The first-order valence-corrected chi connectivity index (χ1v) is 5.82. The van der Waals surface area contributed by atoms with Crippen molar-refractivity contribution < 1.29 is 19.1 Å². The lowest BCUT2D eigenvalue weighted by Gasteiger charge is -2.39. The highest BCUT2D eigenvalue weighted by Gasteiger charge is 2.31. The molecule has 0 aromatic heterocycles. The van der Waals surface area contributed by atoms with Gasteiger partial charge in [0.05, 0.1) is 19.6 Å². The van der Waals surface area contributed by atoms with Crippen LogP contribution in [0.5, 0.6) is 0 Å². The van der Waals surface area contributed by atoms with Gasteiger partial charge in [-0.05, 0) is 27.7 Å². The smallest absolute Gasteiger partial charge is 0.297 e. The fourth-order valence-corrected chi connectivity index (χ4v) is 1.72.